The van der Waals surface area contributed by atoms with Crippen LogP contribution in [0.4, 0.5) is 0 Å². The Labute approximate surface area is 203 Å². The zero-order chi connectivity index (χ0) is 24.9. The van der Waals surface area contributed by atoms with Gasteiger partial charge in [0, 0.05) is 11.7 Å². The van der Waals surface area contributed by atoms with Gasteiger partial charge >= 0.3 is 0 Å². The second-order valence-electron chi connectivity index (χ2n) is 7.36. The molecule has 1 N–H and O–H groups in total. The summed E-state index contributed by atoms with van der Waals surface area (Å²) in [6.45, 7) is 26.2. The maximum Gasteiger partial charge on any atom is 0.0447 e. The SMILES string of the molecule is C=C.C=C.C=C/C=C(C=C)/C=C/C(CCc1ccccc1)NC(=C)C(C)Cc1ccccc1. The van der Waals surface area contributed by atoms with Gasteiger partial charge in [0.1, 0.15) is 0 Å². The maximum absolute atomic E-state index is 4.33. The minimum atomic E-state index is 0.203. The summed E-state index contributed by atoms with van der Waals surface area (Å²) in [6.07, 6.45) is 12.9. The molecule has 2 aromatic rings. The number of nitrogens with one attached hydrogen (secondary N) is 1. The molecule has 2 aromatic carbocycles. The monoisotopic (exact) mass is 439 g/mol. The molecule has 174 valence electrons. The number of aryl methyl sites for hydroxylation is 1. The van der Waals surface area contributed by atoms with Crippen LogP contribution in [0.3, 0.4) is 0 Å². The van der Waals surface area contributed by atoms with Gasteiger partial charge in [-0.1, -0.05) is 118 Å². The molecule has 0 aliphatic heterocycles. The van der Waals surface area contributed by atoms with Crippen molar-refractivity contribution < 1.29 is 0 Å². The van der Waals surface area contributed by atoms with Gasteiger partial charge in [0.05, 0.1) is 0 Å². The second kappa shape index (κ2) is 19.1. The molecule has 0 saturated carbocycles. The van der Waals surface area contributed by atoms with Crippen LogP contribution in [-0.4, -0.2) is 6.04 Å². The zero-order valence-electron chi connectivity index (χ0n) is 20.4. The minimum Gasteiger partial charge on any atom is -0.382 e. The molecule has 0 aliphatic carbocycles. The maximum atomic E-state index is 4.33. The molecule has 0 aliphatic rings. The van der Waals surface area contributed by atoms with E-state index < -0.39 is 0 Å². The van der Waals surface area contributed by atoms with E-state index in [1.54, 1.807) is 6.08 Å². The lowest BCUT2D eigenvalue weighted by Gasteiger charge is -2.23. The van der Waals surface area contributed by atoms with E-state index in [-0.39, 0.29) is 6.04 Å². The molecule has 0 aromatic heterocycles. The Morgan fingerprint density at radius 1 is 0.879 bits per heavy atom. The molecule has 2 rings (SSSR count). The highest BCUT2D eigenvalue weighted by atomic mass is 14.9. The van der Waals surface area contributed by atoms with Crippen molar-refractivity contribution in [3.05, 3.63) is 159 Å². The van der Waals surface area contributed by atoms with E-state index in [1.807, 2.05) is 12.2 Å². The molecule has 0 bridgehead atoms. The van der Waals surface area contributed by atoms with Crippen molar-refractivity contribution in [2.75, 3.05) is 0 Å². The van der Waals surface area contributed by atoms with Crippen LogP contribution in [0.15, 0.2) is 148 Å². The van der Waals surface area contributed by atoms with Crippen molar-refractivity contribution in [2.24, 2.45) is 5.92 Å². The van der Waals surface area contributed by atoms with Gasteiger partial charge in [-0.2, -0.15) is 0 Å². The number of hydrogen-bond donors (Lipinski definition) is 1. The summed E-state index contributed by atoms with van der Waals surface area (Å²) in [7, 11) is 0. The van der Waals surface area contributed by atoms with Gasteiger partial charge in [0.25, 0.3) is 0 Å². The Balaban J connectivity index is 0.00000242. The van der Waals surface area contributed by atoms with Gasteiger partial charge < -0.3 is 5.32 Å². The van der Waals surface area contributed by atoms with Gasteiger partial charge in [-0.3, -0.25) is 0 Å². The Hall–Kier alpha value is -3.58. The summed E-state index contributed by atoms with van der Waals surface area (Å²) in [4.78, 5) is 0. The summed E-state index contributed by atoms with van der Waals surface area (Å²) in [5, 5.41) is 3.66. The van der Waals surface area contributed by atoms with Crippen molar-refractivity contribution in [1.29, 1.82) is 0 Å². The normalized spacial score (nSPS) is 12.2. The smallest absolute Gasteiger partial charge is 0.0447 e. The fourth-order valence-corrected chi connectivity index (χ4v) is 3.21. The van der Waals surface area contributed by atoms with Crippen molar-refractivity contribution in [2.45, 2.75) is 32.2 Å². The fraction of sp³-hybridized carbons (Fsp3) is 0.188. The lowest BCUT2D eigenvalue weighted by molar-refractivity contribution is 0.542. The predicted molar refractivity (Wildman–Crippen MR) is 150 cm³/mol. The highest BCUT2D eigenvalue weighted by molar-refractivity contribution is 5.33. The standard InChI is InChI=1S/C28H33N.2C2H4/c1-5-13-25(6-2)18-20-28(21-19-26-14-9-7-10-15-26)29-24(4)23(3)22-27-16-11-8-12-17-27;2*1-2/h5-18,20,23,28-29H,1-2,4,19,21-22H2,3H3;2*1-2H2/b20-18+,25-13+;;. The molecule has 0 spiro atoms. The summed E-state index contributed by atoms with van der Waals surface area (Å²) in [6, 6.07) is 21.4. The van der Waals surface area contributed by atoms with Crippen LogP contribution in [0.2, 0.25) is 0 Å². The minimum absolute atomic E-state index is 0.203. The van der Waals surface area contributed by atoms with Crippen molar-refractivity contribution in [3.63, 3.8) is 0 Å². The van der Waals surface area contributed by atoms with Crippen molar-refractivity contribution in [3.8, 4) is 0 Å². The first-order valence-corrected chi connectivity index (χ1v) is 11.3. The van der Waals surface area contributed by atoms with E-state index in [0.29, 0.717) is 5.92 Å². The number of benzene rings is 2. The first kappa shape index (κ1) is 29.4. The third-order valence-electron chi connectivity index (χ3n) is 5.00. The summed E-state index contributed by atoms with van der Waals surface area (Å²) < 4.78 is 0. The van der Waals surface area contributed by atoms with Crippen molar-refractivity contribution in [1.82, 2.24) is 5.32 Å². The molecule has 0 radical (unpaired) electrons. The van der Waals surface area contributed by atoms with E-state index in [2.05, 4.69) is 131 Å². The third-order valence-corrected chi connectivity index (χ3v) is 5.00. The van der Waals surface area contributed by atoms with E-state index in [9.17, 15) is 0 Å². The molecule has 0 fully saturated rings. The molecule has 0 saturated heterocycles. The molecular formula is C32H41N. The third kappa shape index (κ3) is 12.8. The van der Waals surface area contributed by atoms with Crippen LogP contribution in [0.5, 0.6) is 0 Å². The van der Waals surface area contributed by atoms with Gasteiger partial charge in [0.15, 0.2) is 0 Å². The Kier molecular flexibility index (Phi) is 17.1. The van der Waals surface area contributed by atoms with Crippen molar-refractivity contribution >= 4 is 0 Å². The summed E-state index contributed by atoms with van der Waals surface area (Å²) in [5.74, 6) is 0.354. The molecule has 0 amide bonds. The number of rotatable bonds is 12. The average molecular weight is 440 g/mol. The summed E-state index contributed by atoms with van der Waals surface area (Å²) >= 11 is 0. The average Bonchev–Trinajstić information content (AvgIpc) is 2.88. The summed E-state index contributed by atoms with van der Waals surface area (Å²) in [5.41, 5.74) is 4.81. The van der Waals surface area contributed by atoms with Crippen LogP contribution in [0, 0.1) is 5.92 Å². The van der Waals surface area contributed by atoms with Gasteiger partial charge in [-0.15, -0.1) is 26.3 Å². The highest BCUT2D eigenvalue weighted by Gasteiger charge is 2.12. The van der Waals surface area contributed by atoms with Crippen LogP contribution in [0.25, 0.3) is 0 Å². The number of allylic oxidation sites excluding steroid dienone is 6. The number of hydrogen-bond acceptors (Lipinski definition) is 1. The first-order valence-electron chi connectivity index (χ1n) is 11.3. The van der Waals surface area contributed by atoms with Gasteiger partial charge in [-0.05, 0) is 41.9 Å². The van der Waals surface area contributed by atoms with E-state index >= 15 is 0 Å². The van der Waals surface area contributed by atoms with Gasteiger partial charge in [-0.25, -0.2) is 0 Å². The van der Waals surface area contributed by atoms with Crippen LogP contribution in [0.1, 0.15) is 24.5 Å². The lowest BCUT2D eigenvalue weighted by Crippen LogP contribution is -2.30. The molecule has 33 heavy (non-hydrogen) atoms. The first-order chi connectivity index (χ1) is 16.1. The van der Waals surface area contributed by atoms with E-state index in [1.165, 1.54) is 11.1 Å². The second-order valence-corrected chi connectivity index (χ2v) is 7.36. The fourth-order valence-electron chi connectivity index (χ4n) is 3.21. The Morgan fingerprint density at radius 2 is 1.42 bits per heavy atom. The Morgan fingerprint density at radius 3 is 1.94 bits per heavy atom. The van der Waals surface area contributed by atoms with Crippen LogP contribution >= 0.6 is 0 Å². The Bertz CT molecular complexity index is 856. The van der Waals surface area contributed by atoms with Crippen LogP contribution < -0.4 is 5.32 Å². The lowest BCUT2D eigenvalue weighted by atomic mass is 9.97. The molecule has 0 heterocycles. The topological polar surface area (TPSA) is 12.0 Å². The predicted octanol–water partition coefficient (Wildman–Crippen LogP) is 8.43. The van der Waals surface area contributed by atoms with E-state index in [0.717, 1.165) is 30.5 Å². The zero-order valence-corrected chi connectivity index (χ0v) is 20.4. The molecular weight excluding hydrogens is 398 g/mol. The van der Waals surface area contributed by atoms with E-state index in [4.69, 9.17) is 0 Å². The quantitative estimate of drug-likeness (QED) is 0.258. The molecule has 1 heteroatoms. The van der Waals surface area contributed by atoms with Gasteiger partial charge in [0.2, 0.25) is 0 Å². The largest absolute Gasteiger partial charge is 0.382 e. The van der Waals surface area contributed by atoms with Crippen LogP contribution in [-0.2, 0) is 12.8 Å². The highest BCUT2D eigenvalue weighted by Crippen LogP contribution is 2.16. The molecule has 1 nitrogen and oxygen atoms in total. The molecule has 2 unspecified atom stereocenters. The molecule has 2 atom stereocenters.